The van der Waals surface area contributed by atoms with Gasteiger partial charge in [-0.1, -0.05) is 39.3 Å². The highest BCUT2D eigenvalue weighted by Crippen LogP contribution is 2.45. The number of allylic oxidation sites excluding steroid dienone is 1. The first-order valence-corrected chi connectivity index (χ1v) is 11.1. The molecule has 30 heavy (non-hydrogen) atoms. The van der Waals surface area contributed by atoms with E-state index in [1.807, 2.05) is 53.7 Å². The topological polar surface area (TPSA) is 95.9 Å². The standard InChI is InChI=1S/C23H38N2O5/c1-8-13(3)16(12-26)25-19(20(27)24-23(5,6)7)15-11-10-14(4)17(18(15)21(25)28)22(29)30-9-2/h10-11,13-19,26H,8-9,12H2,1-7H3,(H,24,27)/t13-,14+,15-,16-,17+,18-,19-/m0/s1. The van der Waals surface area contributed by atoms with E-state index in [-0.39, 0.29) is 36.9 Å². The lowest BCUT2D eigenvalue weighted by molar-refractivity contribution is -0.156. The molecule has 0 unspecified atom stereocenters. The largest absolute Gasteiger partial charge is 0.466 e. The van der Waals surface area contributed by atoms with Crippen LogP contribution in [-0.2, 0) is 19.1 Å². The third kappa shape index (κ3) is 4.71. The lowest BCUT2D eigenvalue weighted by atomic mass is 9.70. The Kier molecular flexibility index (Phi) is 7.72. The normalized spacial score (nSPS) is 30.6. The number of fused-ring (bicyclic) bond motifs is 1. The van der Waals surface area contributed by atoms with Crippen LogP contribution in [0.5, 0.6) is 0 Å². The fourth-order valence-corrected chi connectivity index (χ4v) is 4.75. The number of hydrogen-bond acceptors (Lipinski definition) is 5. The Labute approximate surface area is 180 Å². The molecule has 2 aliphatic rings. The first kappa shape index (κ1) is 24.4. The van der Waals surface area contributed by atoms with Crippen LogP contribution in [0.2, 0.25) is 0 Å². The summed E-state index contributed by atoms with van der Waals surface area (Å²) >= 11 is 0. The molecule has 7 nitrogen and oxygen atoms in total. The Morgan fingerprint density at radius 2 is 1.90 bits per heavy atom. The van der Waals surface area contributed by atoms with Crippen LogP contribution in [0.3, 0.4) is 0 Å². The first-order chi connectivity index (χ1) is 14.0. The van der Waals surface area contributed by atoms with E-state index in [4.69, 9.17) is 4.74 Å². The molecule has 0 radical (unpaired) electrons. The van der Waals surface area contributed by atoms with Gasteiger partial charge in [-0.05, 0) is 39.5 Å². The zero-order valence-electron chi connectivity index (χ0n) is 19.3. The van der Waals surface area contributed by atoms with Gasteiger partial charge >= 0.3 is 5.97 Å². The van der Waals surface area contributed by atoms with Gasteiger partial charge in [0.15, 0.2) is 0 Å². The van der Waals surface area contributed by atoms with Gasteiger partial charge in [-0.25, -0.2) is 0 Å². The van der Waals surface area contributed by atoms with Crippen molar-refractivity contribution in [3.8, 4) is 0 Å². The number of amides is 2. The Balaban J connectivity index is 2.55. The zero-order chi connectivity index (χ0) is 22.8. The summed E-state index contributed by atoms with van der Waals surface area (Å²) in [4.78, 5) is 41.4. The minimum Gasteiger partial charge on any atom is -0.466 e. The highest BCUT2D eigenvalue weighted by molar-refractivity contribution is 5.96. The number of hydrogen-bond donors (Lipinski definition) is 2. The number of carbonyl (C=O) groups excluding carboxylic acids is 3. The van der Waals surface area contributed by atoms with E-state index in [1.54, 1.807) is 11.8 Å². The van der Waals surface area contributed by atoms with E-state index in [1.165, 1.54) is 0 Å². The van der Waals surface area contributed by atoms with Crippen molar-refractivity contribution < 1.29 is 24.2 Å². The Bertz CT molecular complexity index is 684. The van der Waals surface area contributed by atoms with Crippen molar-refractivity contribution in [2.45, 2.75) is 72.5 Å². The van der Waals surface area contributed by atoms with Crippen molar-refractivity contribution in [1.29, 1.82) is 0 Å². The average Bonchev–Trinajstić information content (AvgIpc) is 2.94. The quantitative estimate of drug-likeness (QED) is 0.484. The van der Waals surface area contributed by atoms with Crippen LogP contribution in [0, 0.1) is 29.6 Å². The molecule has 170 valence electrons. The molecule has 2 N–H and O–H groups in total. The van der Waals surface area contributed by atoms with Gasteiger partial charge in [0.1, 0.15) is 6.04 Å². The van der Waals surface area contributed by atoms with Crippen LogP contribution >= 0.6 is 0 Å². The van der Waals surface area contributed by atoms with Crippen molar-refractivity contribution in [2.24, 2.45) is 29.6 Å². The second-order valence-corrected chi connectivity index (χ2v) is 9.69. The number of aliphatic hydroxyl groups excluding tert-OH is 1. The maximum absolute atomic E-state index is 13.7. The minimum atomic E-state index is -0.770. The third-order valence-electron chi connectivity index (χ3n) is 6.38. The van der Waals surface area contributed by atoms with Gasteiger partial charge in [0.25, 0.3) is 0 Å². The van der Waals surface area contributed by atoms with Gasteiger partial charge in [-0.2, -0.15) is 0 Å². The smallest absolute Gasteiger partial charge is 0.310 e. The SMILES string of the molecule is CCOC(=O)[C@H]1[C@H]2C(=O)N([C@@H](CO)[C@@H](C)CC)[C@H](C(=O)NC(C)(C)C)[C@H]2C=C[C@H]1C. The number of nitrogens with zero attached hydrogens (tertiary/aromatic N) is 1. The number of ether oxygens (including phenoxy) is 1. The zero-order valence-corrected chi connectivity index (χ0v) is 19.3. The minimum absolute atomic E-state index is 0.00601. The van der Waals surface area contributed by atoms with Crippen LogP contribution in [0.4, 0.5) is 0 Å². The molecule has 0 aromatic carbocycles. The molecule has 7 atom stereocenters. The molecule has 1 aliphatic heterocycles. The molecule has 1 saturated heterocycles. The summed E-state index contributed by atoms with van der Waals surface area (Å²) in [5.74, 6) is -2.82. The van der Waals surface area contributed by atoms with E-state index in [2.05, 4.69) is 5.32 Å². The summed E-state index contributed by atoms with van der Waals surface area (Å²) in [6.45, 7) is 13.3. The van der Waals surface area contributed by atoms with Crippen LogP contribution in [0.25, 0.3) is 0 Å². The highest BCUT2D eigenvalue weighted by Gasteiger charge is 2.59. The molecule has 0 aromatic heterocycles. The fourth-order valence-electron chi connectivity index (χ4n) is 4.75. The number of esters is 1. The average molecular weight is 423 g/mol. The molecule has 2 amide bonds. The molecule has 0 spiro atoms. The lowest BCUT2D eigenvalue weighted by Gasteiger charge is -2.37. The Morgan fingerprint density at radius 3 is 2.40 bits per heavy atom. The molecular formula is C23H38N2O5. The molecule has 1 fully saturated rings. The molecule has 1 aliphatic carbocycles. The molecule has 0 aromatic rings. The third-order valence-corrected chi connectivity index (χ3v) is 6.38. The van der Waals surface area contributed by atoms with E-state index in [0.717, 1.165) is 6.42 Å². The van der Waals surface area contributed by atoms with Gasteiger partial charge in [-0.15, -0.1) is 0 Å². The fraction of sp³-hybridized carbons (Fsp3) is 0.783. The number of aliphatic hydroxyl groups is 1. The van der Waals surface area contributed by atoms with Crippen LogP contribution in [0.15, 0.2) is 12.2 Å². The number of carbonyl (C=O) groups is 3. The van der Waals surface area contributed by atoms with E-state index < -0.39 is 41.3 Å². The highest BCUT2D eigenvalue weighted by atomic mass is 16.5. The summed E-state index contributed by atoms with van der Waals surface area (Å²) in [6.07, 6.45) is 4.57. The van der Waals surface area contributed by atoms with Gasteiger partial charge in [-0.3, -0.25) is 14.4 Å². The summed E-state index contributed by atoms with van der Waals surface area (Å²) in [6, 6.07) is -1.26. The van der Waals surface area contributed by atoms with E-state index in [9.17, 15) is 19.5 Å². The maximum Gasteiger partial charge on any atom is 0.310 e. The molecule has 0 bridgehead atoms. The summed E-state index contributed by atoms with van der Waals surface area (Å²) in [5.41, 5.74) is -0.471. The molecule has 2 rings (SSSR count). The molecule has 1 heterocycles. The summed E-state index contributed by atoms with van der Waals surface area (Å²) in [5, 5.41) is 13.1. The predicted octanol–water partition coefficient (Wildman–Crippen LogP) is 2.14. The molecule has 0 saturated carbocycles. The molecular weight excluding hydrogens is 384 g/mol. The summed E-state index contributed by atoms with van der Waals surface area (Å²) in [7, 11) is 0. The van der Waals surface area contributed by atoms with Crippen molar-refractivity contribution in [3.63, 3.8) is 0 Å². The van der Waals surface area contributed by atoms with E-state index in [0.29, 0.717) is 0 Å². The van der Waals surface area contributed by atoms with Crippen molar-refractivity contribution in [1.82, 2.24) is 10.2 Å². The first-order valence-electron chi connectivity index (χ1n) is 11.1. The van der Waals surface area contributed by atoms with Crippen LogP contribution in [0.1, 0.15) is 54.9 Å². The number of likely N-dealkylation sites (tertiary alicyclic amines) is 1. The Morgan fingerprint density at radius 1 is 1.27 bits per heavy atom. The van der Waals surface area contributed by atoms with Crippen molar-refractivity contribution in [3.05, 3.63) is 12.2 Å². The maximum atomic E-state index is 13.7. The Hall–Kier alpha value is -1.89. The predicted molar refractivity (Wildman–Crippen MR) is 114 cm³/mol. The molecule has 7 heteroatoms. The van der Waals surface area contributed by atoms with Gasteiger partial charge < -0.3 is 20.1 Å². The van der Waals surface area contributed by atoms with E-state index >= 15 is 0 Å². The van der Waals surface area contributed by atoms with Crippen LogP contribution < -0.4 is 5.32 Å². The lowest BCUT2D eigenvalue weighted by Crippen LogP contribution is -2.56. The van der Waals surface area contributed by atoms with Gasteiger partial charge in [0, 0.05) is 11.5 Å². The van der Waals surface area contributed by atoms with Crippen molar-refractivity contribution in [2.75, 3.05) is 13.2 Å². The number of rotatable bonds is 7. The van der Waals surface area contributed by atoms with Crippen molar-refractivity contribution >= 4 is 17.8 Å². The summed E-state index contributed by atoms with van der Waals surface area (Å²) < 4.78 is 5.28. The number of nitrogens with one attached hydrogen (secondary N) is 1. The second kappa shape index (κ2) is 9.50. The monoisotopic (exact) mass is 422 g/mol. The van der Waals surface area contributed by atoms with Gasteiger partial charge in [0.05, 0.1) is 31.1 Å². The van der Waals surface area contributed by atoms with Gasteiger partial charge in [0.2, 0.25) is 11.8 Å². The second-order valence-electron chi connectivity index (χ2n) is 9.69. The van der Waals surface area contributed by atoms with Crippen LogP contribution in [-0.4, -0.2) is 58.6 Å².